The Balaban J connectivity index is 2.23. The molecule has 118 valence electrons. The van der Waals surface area contributed by atoms with Crippen molar-refractivity contribution in [1.29, 1.82) is 0 Å². The molecule has 1 aromatic heterocycles. The van der Waals surface area contributed by atoms with E-state index in [4.69, 9.17) is 4.74 Å². The van der Waals surface area contributed by atoms with Gasteiger partial charge >= 0.3 is 0 Å². The van der Waals surface area contributed by atoms with E-state index in [1.54, 1.807) is 13.1 Å². The van der Waals surface area contributed by atoms with Gasteiger partial charge in [-0.3, -0.25) is 4.79 Å². The summed E-state index contributed by atoms with van der Waals surface area (Å²) in [5.74, 6) is 0.385. The lowest BCUT2D eigenvalue weighted by Crippen LogP contribution is -2.40. The van der Waals surface area contributed by atoms with Gasteiger partial charge in [-0.05, 0) is 31.9 Å². The van der Waals surface area contributed by atoms with Crippen molar-refractivity contribution in [2.45, 2.75) is 32.3 Å². The Morgan fingerprint density at radius 2 is 2.00 bits per heavy atom. The highest BCUT2D eigenvalue weighted by atomic mass is 16.5. The first-order valence-electron chi connectivity index (χ1n) is 7.60. The van der Waals surface area contributed by atoms with Gasteiger partial charge in [0.15, 0.2) is 11.3 Å². The minimum absolute atomic E-state index is 0.161. The topological polar surface area (TPSA) is 59.2 Å². The number of aldehydes is 1. The zero-order valence-corrected chi connectivity index (χ0v) is 13.4. The van der Waals surface area contributed by atoms with Crippen molar-refractivity contribution in [3.05, 3.63) is 64.0 Å². The Hall–Kier alpha value is -2.62. The number of hydrogen-bond donors (Lipinski definition) is 1. The summed E-state index contributed by atoms with van der Waals surface area (Å²) in [6.45, 7) is 5.55. The van der Waals surface area contributed by atoms with Gasteiger partial charge in [-0.25, -0.2) is 0 Å². The van der Waals surface area contributed by atoms with Crippen LogP contribution in [0.1, 0.15) is 26.3 Å². The zero-order chi connectivity index (χ0) is 16.6. The normalized spacial score (nSPS) is 23.3. The van der Waals surface area contributed by atoms with Crippen LogP contribution in [0.3, 0.4) is 0 Å². The Labute approximate surface area is 134 Å². The number of carbonyl (C=O) groups is 1. The SMILES string of the molecule is CC=C(C)C1Oc2[nH]cc(-c3ccccc3)c(=O)c2C1(C)C=O. The Bertz CT molecular complexity index is 835. The molecule has 0 amide bonds. The summed E-state index contributed by atoms with van der Waals surface area (Å²) in [5, 5.41) is 0. The average Bonchev–Trinajstić information content (AvgIpc) is 2.89. The van der Waals surface area contributed by atoms with Crippen LogP contribution in [0.5, 0.6) is 5.88 Å². The molecule has 1 aliphatic rings. The van der Waals surface area contributed by atoms with E-state index < -0.39 is 11.5 Å². The summed E-state index contributed by atoms with van der Waals surface area (Å²) in [7, 11) is 0. The molecule has 0 fully saturated rings. The summed E-state index contributed by atoms with van der Waals surface area (Å²) in [5.41, 5.74) is 1.52. The molecular formula is C19H19NO3. The van der Waals surface area contributed by atoms with Gasteiger partial charge in [0.2, 0.25) is 0 Å². The van der Waals surface area contributed by atoms with Crippen LogP contribution >= 0.6 is 0 Å². The van der Waals surface area contributed by atoms with Gasteiger partial charge in [0, 0.05) is 11.8 Å². The predicted octanol–water partition coefficient (Wildman–Crippen LogP) is 3.23. The fourth-order valence-electron chi connectivity index (χ4n) is 3.14. The molecule has 4 nitrogen and oxygen atoms in total. The quantitative estimate of drug-likeness (QED) is 0.699. The highest BCUT2D eigenvalue weighted by molar-refractivity contribution is 5.76. The second kappa shape index (κ2) is 5.54. The summed E-state index contributed by atoms with van der Waals surface area (Å²) >= 11 is 0. The van der Waals surface area contributed by atoms with E-state index in [0.29, 0.717) is 17.0 Å². The third-order valence-electron chi connectivity index (χ3n) is 4.56. The van der Waals surface area contributed by atoms with E-state index in [0.717, 1.165) is 17.4 Å². The molecule has 0 aliphatic carbocycles. The Morgan fingerprint density at radius 3 is 2.61 bits per heavy atom. The molecule has 1 aromatic carbocycles. The number of aromatic nitrogens is 1. The second-order valence-electron chi connectivity index (χ2n) is 6.03. The molecule has 3 rings (SSSR count). The van der Waals surface area contributed by atoms with E-state index in [9.17, 15) is 9.59 Å². The summed E-state index contributed by atoms with van der Waals surface area (Å²) < 4.78 is 5.88. The summed E-state index contributed by atoms with van der Waals surface area (Å²) in [4.78, 5) is 27.9. The van der Waals surface area contributed by atoms with Crippen molar-refractivity contribution in [1.82, 2.24) is 4.98 Å². The van der Waals surface area contributed by atoms with Gasteiger partial charge in [0.05, 0.1) is 11.0 Å². The monoisotopic (exact) mass is 309 g/mol. The first-order valence-corrected chi connectivity index (χ1v) is 7.60. The van der Waals surface area contributed by atoms with Crippen molar-refractivity contribution in [2.24, 2.45) is 0 Å². The molecule has 0 radical (unpaired) electrons. The van der Waals surface area contributed by atoms with Crippen molar-refractivity contribution in [3.8, 4) is 17.0 Å². The lowest BCUT2D eigenvalue weighted by molar-refractivity contribution is -0.113. The third-order valence-corrected chi connectivity index (χ3v) is 4.56. The van der Waals surface area contributed by atoms with E-state index in [-0.39, 0.29) is 5.43 Å². The zero-order valence-electron chi connectivity index (χ0n) is 13.4. The van der Waals surface area contributed by atoms with Crippen LogP contribution in [-0.4, -0.2) is 17.4 Å². The molecule has 2 atom stereocenters. The molecule has 4 heteroatoms. The van der Waals surface area contributed by atoms with Crippen LogP contribution in [0.25, 0.3) is 11.1 Å². The van der Waals surface area contributed by atoms with E-state index in [1.165, 1.54) is 0 Å². The number of rotatable bonds is 3. The van der Waals surface area contributed by atoms with E-state index in [1.807, 2.05) is 50.3 Å². The minimum atomic E-state index is -0.996. The molecule has 0 bridgehead atoms. The molecular weight excluding hydrogens is 290 g/mol. The van der Waals surface area contributed by atoms with Crippen LogP contribution in [0.2, 0.25) is 0 Å². The number of allylic oxidation sites excluding steroid dienone is 1. The third kappa shape index (κ3) is 2.22. The van der Waals surface area contributed by atoms with Crippen molar-refractivity contribution in [3.63, 3.8) is 0 Å². The fraction of sp³-hybridized carbons (Fsp3) is 0.263. The fourth-order valence-corrected chi connectivity index (χ4v) is 3.14. The highest BCUT2D eigenvalue weighted by Crippen LogP contribution is 2.41. The van der Waals surface area contributed by atoms with Crippen molar-refractivity contribution >= 4 is 6.29 Å². The number of ether oxygens (including phenoxy) is 1. The Morgan fingerprint density at radius 1 is 1.30 bits per heavy atom. The number of carbonyl (C=O) groups excluding carboxylic acids is 1. The van der Waals surface area contributed by atoms with Crippen molar-refractivity contribution in [2.75, 3.05) is 0 Å². The number of aromatic amines is 1. The van der Waals surface area contributed by atoms with E-state index in [2.05, 4.69) is 4.98 Å². The number of fused-ring (bicyclic) bond motifs is 1. The number of nitrogens with one attached hydrogen (secondary N) is 1. The lowest BCUT2D eigenvalue weighted by Gasteiger charge is -2.24. The molecule has 2 aromatic rings. The van der Waals surface area contributed by atoms with Gasteiger partial charge < -0.3 is 14.5 Å². The van der Waals surface area contributed by atoms with Crippen LogP contribution < -0.4 is 10.2 Å². The summed E-state index contributed by atoms with van der Waals surface area (Å²) in [6.07, 6.45) is 3.91. The van der Waals surface area contributed by atoms with E-state index >= 15 is 0 Å². The standard InChI is InChI=1S/C19H19NO3/c1-4-12(2)17-19(3,11-21)15-16(22)14(10-20-18(15)23-17)13-8-6-5-7-9-13/h4-11,17H,1-3H3,(H,20,22). The number of hydrogen-bond acceptors (Lipinski definition) is 3. The molecule has 0 saturated carbocycles. The minimum Gasteiger partial charge on any atom is -0.469 e. The number of benzene rings is 1. The first-order chi connectivity index (χ1) is 11.0. The van der Waals surface area contributed by atoms with Gasteiger partial charge in [-0.2, -0.15) is 0 Å². The maximum Gasteiger partial charge on any atom is 0.199 e. The molecule has 23 heavy (non-hydrogen) atoms. The van der Waals surface area contributed by atoms with Gasteiger partial charge in [0.25, 0.3) is 0 Å². The maximum absolute atomic E-state index is 13.0. The molecule has 0 spiro atoms. The summed E-state index contributed by atoms with van der Waals surface area (Å²) in [6, 6.07) is 9.41. The van der Waals surface area contributed by atoms with Crippen LogP contribution in [0, 0.1) is 0 Å². The van der Waals surface area contributed by atoms with Crippen molar-refractivity contribution < 1.29 is 9.53 Å². The average molecular weight is 309 g/mol. The molecule has 1 N–H and O–H groups in total. The Kier molecular flexibility index (Phi) is 3.68. The van der Waals surface area contributed by atoms with Gasteiger partial charge in [-0.15, -0.1) is 0 Å². The largest absolute Gasteiger partial charge is 0.469 e. The predicted molar refractivity (Wildman–Crippen MR) is 89.8 cm³/mol. The van der Waals surface area contributed by atoms with Crippen LogP contribution in [0.4, 0.5) is 0 Å². The second-order valence-corrected chi connectivity index (χ2v) is 6.03. The van der Waals surface area contributed by atoms with Crippen LogP contribution in [0.15, 0.2) is 53.0 Å². The van der Waals surface area contributed by atoms with Crippen LogP contribution in [-0.2, 0) is 10.2 Å². The maximum atomic E-state index is 13.0. The molecule has 2 heterocycles. The van der Waals surface area contributed by atoms with Gasteiger partial charge in [-0.1, -0.05) is 36.4 Å². The number of pyridine rings is 1. The smallest absolute Gasteiger partial charge is 0.199 e. The van der Waals surface area contributed by atoms with Gasteiger partial charge in [0.1, 0.15) is 12.4 Å². The molecule has 2 unspecified atom stereocenters. The lowest BCUT2D eigenvalue weighted by atomic mass is 9.77. The molecule has 1 aliphatic heterocycles. The number of H-pyrrole nitrogens is 1. The highest BCUT2D eigenvalue weighted by Gasteiger charge is 2.49. The molecule has 0 saturated heterocycles. The first kappa shape index (κ1) is 15.3.